The molecule has 0 aliphatic heterocycles. The zero-order chi connectivity index (χ0) is 14.4. The summed E-state index contributed by atoms with van der Waals surface area (Å²) in [5.74, 6) is -1.67. The number of esters is 1. The number of para-hydroxylation sites is 1. The summed E-state index contributed by atoms with van der Waals surface area (Å²) in [6.07, 6.45) is 0. The fourth-order valence-corrected chi connectivity index (χ4v) is 1.45. The Morgan fingerprint density at radius 3 is 2.25 bits per heavy atom. The summed E-state index contributed by atoms with van der Waals surface area (Å²) in [6.45, 7) is 0. The van der Waals surface area contributed by atoms with Crippen molar-refractivity contribution >= 4 is 17.6 Å². The molecule has 0 atom stereocenters. The molecule has 2 aromatic carbocycles. The highest BCUT2D eigenvalue weighted by atomic mass is 16.5. The van der Waals surface area contributed by atoms with Crippen LogP contribution in [0.4, 0.5) is 5.69 Å². The number of ether oxygens (including phenoxy) is 1. The van der Waals surface area contributed by atoms with Crippen molar-refractivity contribution in [3.8, 4) is 11.8 Å². The summed E-state index contributed by atoms with van der Waals surface area (Å²) in [5.41, 5.74) is 0.952. The van der Waals surface area contributed by atoms with Crippen molar-refractivity contribution in [3.05, 3.63) is 60.2 Å². The normalized spacial score (nSPS) is 9.35. The van der Waals surface area contributed by atoms with Crippen LogP contribution in [0, 0.1) is 11.3 Å². The van der Waals surface area contributed by atoms with Gasteiger partial charge in [-0.1, -0.05) is 18.2 Å². The van der Waals surface area contributed by atoms with E-state index in [1.807, 2.05) is 6.07 Å². The summed E-state index contributed by atoms with van der Waals surface area (Å²) in [4.78, 5) is 23.2. The smallest absolute Gasteiger partial charge is 0.402 e. The molecule has 0 aliphatic rings. The van der Waals surface area contributed by atoms with Gasteiger partial charge in [0.15, 0.2) is 0 Å². The van der Waals surface area contributed by atoms with Gasteiger partial charge in [0, 0.05) is 5.69 Å². The van der Waals surface area contributed by atoms with Gasteiger partial charge < -0.3 is 10.1 Å². The average molecular weight is 266 g/mol. The molecule has 2 rings (SSSR count). The Balaban J connectivity index is 1.97. The van der Waals surface area contributed by atoms with Gasteiger partial charge in [0.05, 0.1) is 11.6 Å². The van der Waals surface area contributed by atoms with E-state index in [1.54, 1.807) is 30.3 Å². The number of rotatable bonds is 2. The van der Waals surface area contributed by atoms with Crippen molar-refractivity contribution in [2.45, 2.75) is 0 Å². The van der Waals surface area contributed by atoms with Crippen LogP contribution >= 0.6 is 0 Å². The van der Waals surface area contributed by atoms with Crippen LogP contribution in [0.15, 0.2) is 54.6 Å². The van der Waals surface area contributed by atoms with Gasteiger partial charge in [-0.05, 0) is 36.4 Å². The van der Waals surface area contributed by atoms with E-state index in [4.69, 9.17) is 10.00 Å². The molecule has 20 heavy (non-hydrogen) atoms. The van der Waals surface area contributed by atoms with Crippen LogP contribution < -0.4 is 10.1 Å². The van der Waals surface area contributed by atoms with E-state index >= 15 is 0 Å². The highest BCUT2D eigenvalue weighted by Crippen LogP contribution is 2.12. The topological polar surface area (TPSA) is 79.2 Å². The van der Waals surface area contributed by atoms with E-state index < -0.39 is 11.9 Å². The van der Waals surface area contributed by atoms with Crippen molar-refractivity contribution in [2.24, 2.45) is 0 Å². The van der Waals surface area contributed by atoms with Crippen molar-refractivity contribution < 1.29 is 14.3 Å². The van der Waals surface area contributed by atoms with Gasteiger partial charge in [-0.15, -0.1) is 0 Å². The van der Waals surface area contributed by atoms with E-state index in [-0.39, 0.29) is 5.75 Å². The van der Waals surface area contributed by atoms with Crippen LogP contribution in [0.3, 0.4) is 0 Å². The summed E-state index contributed by atoms with van der Waals surface area (Å²) in [7, 11) is 0. The molecule has 0 fully saturated rings. The molecule has 0 aromatic heterocycles. The number of carbonyl (C=O) groups excluding carboxylic acids is 2. The molecule has 98 valence electrons. The van der Waals surface area contributed by atoms with Gasteiger partial charge in [-0.25, -0.2) is 4.79 Å². The third-order valence-electron chi connectivity index (χ3n) is 2.41. The molecule has 0 saturated carbocycles. The second-order valence-electron chi connectivity index (χ2n) is 3.85. The minimum Gasteiger partial charge on any atom is -0.419 e. The summed E-state index contributed by atoms with van der Waals surface area (Å²) < 4.78 is 4.89. The third kappa shape index (κ3) is 3.43. The molecule has 1 N–H and O–H groups in total. The molecule has 5 heteroatoms. The Bertz CT molecular complexity index is 658. The van der Waals surface area contributed by atoms with E-state index in [9.17, 15) is 9.59 Å². The fourth-order valence-electron chi connectivity index (χ4n) is 1.45. The first kappa shape index (κ1) is 13.3. The van der Waals surface area contributed by atoms with Crippen LogP contribution in [0.2, 0.25) is 0 Å². The minimum absolute atomic E-state index is 0.206. The van der Waals surface area contributed by atoms with Crippen LogP contribution in [0.1, 0.15) is 5.56 Å². The predicted octanol–water partition coefficient (Wildman–Crippen LogP) is 2.10. The summed E-state index contributed by atoms with van der Waals surface area (Å²) in [6, 6.07) is 16.4. The second-order valence-corrected chi connectivity index (χ2v) is 3.85. The second kappa shape index (κ2) is 6.16. The Labute approximate surface area is 115 Å². The van der Waals surface area contributed by atoms with Crippen LogP contribution in [-0.4, -0.2) is 11.9 Å². The quantitative estimate of drug-likeness (QED) is 0.513. The summed E-state index contributed by atoms with van der Waals surface area (Å²) >= 11 is 0. The number of hydrogen-bond acceptors (Lipinski definition) is 4. The predicted molar refractivity (Wildman–Crippen MR) is 71.9 cm³/mol. The van der Waals surface area contributed by atoms with Crippen molar-refractivity contribution in [2.75, 3.05) is 5.32 Å². The molecule has 0 bridgehead atoms. The number of nitrogens with one attached hydrogen (secondary N) is 1. The number of amides is 1. The lowest BCUT2D eigenvalue weighted by Crippen LogP contribution is -2.27. The maximum Gasteiger partial charge on any atom is 0.402 e. The Kier molecular flexibility index (Phi) is 4.10. The lowest BCUT2D eigenvalue weighted by atomic mass is 10.2. The maximum atomic E-state index is 11.6. The van der Waals surface area contributed by atoms with Gasteiger partial charge in [0.1, 0.15) is 5.75 Å². The lowest BCUT2D eigenvalue weighted by Gasteiger charge is -2.05. The average Bonchev–Trinajstić information content (AvgIpc) is 2.49. The molecule has 0 heterocycles. The molecule has 0 saturated heterocycles. The number of benzene rings is 2. The Morgan fingerprint density at radius 1 is 1.00 bits per heavy atom. The monoisotopic (exact) mass is 266 g/mol. The third-order valence-corrected chi connectivity index (χ3v) is 2.41. The molecule has 0 spiro atoms. The molecule has 0 aliphatic carbocycles. The van der Waals surface area contributed by atoms with Crippen LogP contribution in [0.5, 0.6) is 5.75 Å². The fraction of sp³-hybridized carbons (Fsp3) is 0. The van der Waals surface area contributed by atoms with Crippen molar-refractivity contribution in [3.63, 3.8) is 0 Å². The van der Waals surface area contributed by atoms with E-state index in [0.29, 0.717) is 11.3 Å². The summed E-state index contributed by atoms with van der Waals surface area (Å²) in [5, 5.41) is 11.1. The van der Waals surface area contributed by atoms with Gasteiger partial charge >= 0.3 is 11.9 Å². The van der Waals surface area contributed by atoms with Gasteiger partial charge in [-0.2, -0.15) is 5.26 Å². The van der Waals surface area contributed by atoms with Gasteiger partial charge in [0.25, 0.3) is 0 Å². The largest absolute Gasteiger partial charge is 0.419 e. The van der Waals surface area contributed by atoms with Crippen molar-refractivity contribution in [1.29, 1.82) is 5.26 Å². The molecule has 1 amide bonds. The first-order valence-electron chi connectivity index (χ1n) is 5.77. The van der Waals surface area contributed by atoms with Crippen LogP contribution in [0.25, 0.3) is 0 Å². The number of anilines is 1. The van der Waals surface area contributed by atoms with Gasteiger partial charge in [-0.3, -0.25) is 4.79 Å². The number of nitriles is 1. The molecule has 0 radical (unpaired) electrons. The van der Waals surface area contributed by atoms with Gasteiger partial charge in [0.2, 0.25) is 0 Å². The van der Waals surface area contributed by atoms with E-state index in [2.05, 4.69) is 5.32 Å². The SMILES string of the molecule is N#Cc1ccc(OC(=O)C(=O)Nc2ccccc2)cc1. The zero-order valence-corrected chi connectivity index (χ0v) is 10.4. The lowest BCUT2D eigenvalue weighted by molar-refractivity contribution is -0.145. The highest BCUT2D eigenvalue weighted by Gasteiger charge is 2.16. The Morgan fingerprint density at radius 2 is 1.65 bits per heavy atom. The standard InChI is InChI=1S/C15H10N2O3/c16-10-11-6-8-13(9-7-11)20-15(19)14(18)17-12-4-2-1-3-5-12/h1-9H,(H,17,18). The van der Waals surface area contributed by atoms with Crippen LogP contribution in [-0.2, 0) is 9.59 Å². The molecule has 0 unspecified atom stereocenters. The zero-order valence-electron chi connectivity index (χ0n) is 10.4. The van der Waals surface area contributed by atoms with E-state index in [0.717, 1.165) is 0 Å². The first-order valence-corrected chi connectivity index (χ1v) is 5.77. The number of carbonyl (C=O) groups is 2. The molecular formula is C15H10N2O3. The minimum atomic E-state index is -1.02. The first-order chi connectivity index (χ1) is 9.69. The highest BCUT2D eigenvalue weighted by molar-refractivity contribution is 6.37. The van der Waals surface area contributed by atoms with Crippen molar-refractivity contribution in [1.82, 2.24) is 0 Å². The van der Waals surface area contributed by atoms with E-state index in [1.165, 1.54) is 24.3 Å². The molecule has 5 nitrogen and oxygen atoms in total. The Hall–Kier alpha value is -3.13. The molecule has 2 aromatic rings. The maximum absolute atomic E-state index is 11.6. The molecular weight excluding hydrogens is 256 g/mol. The number of hydrogen-bond donors (Lipinski definition) is 1. The number of nitrogens with zero attached hydrogens (tertiary/aromatic N) is 1.